The van der Waals surface area contributed by atoms with Crippen LogP contribution >= 0.6 is 0 Å². The number of morpholine rings is 1. The zero-order valence-electron chi connectivity index (χ0n) is 16.7. The van der Waals surface area contributed by atoms with Crippen LogP contribution in [0.2, 0.25) is 0 Å². The Morgan fingerprint density at radius 1 is 0.967 bits per heavy atom. The summed E-state index contributed by atoms with van der Waals surface area (Å²) in [5, 5.41) is 5.21. The molecule has 1 atom stereocenters. The molecule has 156 valence electrons. The first kappa shape index (κ1) is 20.5. The molecule has 1 saturated heterocycles. The van der Waals surface area contributed by atoms with Gasteiger partial charge in [-0.05, 0) is 47.5 Å². The minimum Gasteiger partial charge on any atom is -0.379 e. The highest BCUT2D eigenvalue weighted by atomic mass is 32.2. The summed E-state index contributed by atoms with van der Waals surface area (Å²) in [5.74, 6) is -0.310. The van der Waals surface area contributed by atoms with Crippen LogP contribution in [0, 0.1) is 0 Å². The molecule has 30 heavy (non-hydrogen) atoms. The second-order valence-corrected chi connectivity index (χ2v) is 9.28. The molecule has 0 saturated carbocycles. The summed E-state index contributed by atoms with van der Waals surface area (Å²) in [7, 11) is -3.65. The van der Waals surface area contributed by atoms with Crippen molar-refractivity contribution in [3.05, 3.63) is 77.9 Å². The molecule has 1 heterocycles. The average Bonchev–Trinajstić information content (AvgIpc) is 2.79. The maximum atomic E-state index is 12.9. The van der Waals surface area contributed by atoms with Crippen molar-refractivity contribution >= 4 is 26.7 Å². The van der Waals surface area contributed by atoms with E-state index in [9.17, 15) is 13.2 Å². The van der Waals surface area contributed by atoms with Crippen molar-refractivity contribution in [2.24, 2.45) is 0 Å². The predicted molar refractivity (Wildman–Crippen MR) is 116 cm³/mol. The van der Waals surface area contributed by atoms with Crippen molar-refractivity contribution in [2.45, 2.75) is 17.9 Å². The van der Waals surface area contributed by atoms with E-state index in [1.165, 1.54) is 16.4 Å². The van der Waals surface area contributed by atoms with Gasteiger partial charge in [0.15, 0.2) is 0 Å². The Kier molecular flexibility index (Phi) is 5.85. The van der Waals surface area contributed by atoms with E-state index in [0.29, 0.717) is 31.9 Å². The van der Waals surface area contributed by atoms with Crippen LogP contribution in [-0.2, 0) is 14.8 Å². The molecular weight excluding hydrogens is 400 g/mol. The lowest BCUT2D eigenvalue weighted by molar-refractivity contribution is 0.0730. The number of hydrogen-bond acceptors (Lipinski definition) is 4. The first-order valence-electron chi connectivity index (χ1n) is 9.93. The smallest absolute Gasteiger partial charge is 0.251 e. The van der Waals surface area contributed by atoms with Gasteiger partial charge in [0.05, 0.1) is 24.2 Å². The van der Waals surface area contributed by atoms with Gasteiger partial charge in [0.1, 0.15) is 0 Å². The summed E-state index contributed by atoms with van der Waals surface area (Å²) in [6, 6.07) is 20.1. The fraction of sp³-hybridized carbons (Fsp3) is 0.261. The molecule has 3 aromatic rings. The number of sulfonamides is 1. The zero-order chi connectivity index (χ0) is 21.1. The molecule has 0 spiro atoms. The lowest BCUT2D eigenvalue weighted by atomic mass is 10.0. The van der Waals surface area contributed by atoms with Crippen molar-refractivity contribution < 1.29 is 17.9 Å². The van der Waals surface area contributed by atoms with E-state index in [2.05, 4.69) is 11.4 Å². The molecular formula is C23H24N2O4S. The van der Waals surface area contributed by atoms with Crippen molar-refractivity contribution in [1.82, 2.24) is 9.62 Å². The first-order valence-corrected chi connectivity index (χ1v) is 11.4. The highest BCUT2D eigenvalue weighted by molar-refractivity contribution is 7.89. The molecule has 3 aromatic carbocycles. The van der Waals surface area contributed by atoms with Crippen LogP contribution < -0.4 is 5.32 Å². The van der Waals surface area contributed by atoms with Gasteiger partial charge in [-0.15, -0.1) is 0 Å². The molecule has 1 aliphatic heterocycles. The van der Waals surface area contributed by atoms with E-state index in [4.69, 9.17) is 4.74 Å². The summed E-state index contributed by atoms with van der Waals surface area (Å²) in [4.78, 5) is 12.9. The molecule has 1 aliphatic rings. The number of fused-ring (bicyclic) bond motifs is 1. The Morgan fingerprint density at radius 2 is 1.70 bits per heavy atom. The van der Waals surface area contributed by atoms with E-state index in [-0.39, 0.29) is 16.8 Å². The fourth-order valence-electron chi connectivity index (χ4n) is 3.57. The third kappa shape index (κ3) is 4.23. The van der Waals surface area contributed by atoms with E-state index in [1.807, 2.05) is 43.3 Å². The highest BCUT2D eigenvalue weighted by Crippen LogP contribution is 2.22. The summed E-state index contributed by atoms with van der Waals surface area (Å²) in [6.45, 7) is 3.30. The molecule has 0 radical (unpaired) electrons. The summed E-state index contributed by atoms with van der Waals surface area (Å²) >= 11 is 0. The van der Waals surface area contributed by atoms with Crippen LogP contribution in [0.15, 0.2) is 71.6 Å². The fourth-order valence-corrected chi connectivity index (χ4v) is 5.03. The van der Waals surface area contributed by atoms with Crippen molar-refractivity contribution in [3.8, 4) is 0 Å². The van der Waals surface area contributed by atoms with E-state index in [0.717, 1.165) is 16.3 Å². The molecule has 6 nitrogen and oxygen atoms in total. The monoisotopic (exact) mass is 424 g/mol. The van der Waals surface area contributed by atoms with Gasteiger partial charge in [-0.3, -0.25) is 4.79 Å². The van der Waals surface area contributed by atoms with Gasteiger partial charge in [0, 0.05) is 18.7 Å². The second-order valence-electron chi connectivity index (χ2n) is 7.35. The number of amides is 1. The van der Waals surface area contributed by atoms with Crippen molar-refractivity contribution in [3.63, 3.8) is 0 Å². The Morgan fingerprint density at radius 3 is 2.47 bits per heavy atom. The van der Waals surface area contributed by atoms with Gasteiger partial charge in [-0.2, -0.15) is 4.31 Å². The van der Waals surface area contributed by atoms with E-state index in [1.54, 1.807) is 12.1 Å². The number of hydrogen-bond donors (Lipinski definition) is 1. The molecule has 1 fully saturated rings. The summed E-state index contributed by atoms with van der Waals surface area (Å²) in [5.41, 5.74) is 1.30. The number of nitrogens with zero attached hydrogens (tertiary/aromatic N) is 1. The number of nitrogens with one attached hydrogen (secondary N) is 1. The Hall–Kier alpha value is -2.74. The average molecular weight is 425 g/mol. The largest absolute Gasteiger partial charge is 0.379 e. The maximum absolute atomic E-state index is 12.9. The van der Waals surface area contributed by atoms with Crippen LogP contribution in [0.5, 0.6) is 0 Å². The molecule has 0 aromatic heterocycles. The summed E-state index contributed by atoms with van der Waals surface area (Å²) in [6.07, 6.45) is 0. The predicted octanol–water partition coefficient (Wildman–Crippen LogP) is 3.35. The topological polar surface area (TPSA) is 75.7 Å². The Labute approximate surface area is 176 Å². The van der Waals surface area contributed by atoms with Crippen LogP contribution in [0.25, 0.3) is 10.8 Å². The standard InChI is InChI=1S/C23H24N2O4S/c1-17(19-10-9-18-5-2-3-6-20(18)15-19)24-23(26)21-7-4-8-22(16-21)30(27,28)25-11-13-29-14-12-25/h2-10,15-17H,11-14H2,1H3,(H,24,26)/t17-/m1/s1. The Balaban J connectivity index is 1.52. The lowest BCUT2D eigenvalue weighted by Crippen LogP contribution is -2.40. The number of carbonyl (C=O) groups excluding carboxylic acids is 1. The molecule has 4 rings (SSSR count). The molecule has 0 unspecified atom stereocenters. The molecule has 0 aliphatic carbocycles. The first-order chi connectivity index (χ1) is 14.4. The van der Waals surface area contributed by atoms with Crippen LogP contribution in [0.1, 0.15) is 28.9 Å². The van der Waals surface area contributed by atoms with Gasteiger partial charge in [0.2, 0.25) is 10.0 Å². The molecule has 0 bridgehead atoms. The molecule has 7 heteroatoms. The lowest BCUT2D eigenvalue weighted by Gasteiger charge is -2.26. The van der Waals surface area contributed by atoms with Gasteiger partial charge in [0.25, 0.3) is 5.91 Å². The molecule has 1 N–H and O–H groups in total. The third-order valence-corrected chi connectivity index (χ3v) is 7.22. The van der Waals surface area contributed by atoms with Gasteiger partial charge >= 0.3 is 0 Å². The minimum atomic E-state index is -3.65. The normalized spacial score (nSPS) is 16.3. The number of ether oxygens (including phenoxy) is 1. The van der Waals surface area contributed by atoms with Crippen molar-refractivity contribution in [2.75, 3.05) is 26.3 Å². The number of benzene rings is 3. The SMILES string of the molecule is C[C@@H](NC(=O)c1cccc(S(=O)(=O)N2CCOCC2)c1)c1ccc2ccccc2c1. The van der Waals surface area contributed by atoms with Crippen LogP contribution in [0.3, 0.4) is 0 Å². The van der Waals surface area contributed by atoms with Gasteiger partial charge < -0.3 is 10.1 Å². The van der Waals surface area contributed by atoms with E-state index < -0.39 is 10.0 Å². The van der Waals surface area contributed by atoms with Gasteiger partial charge in [-0.25, -0.2) is 8.42 Å². The molecule has 1 amide bonds. The maximum Gasteiger partial charge on any atom is 0.251 e. The zero-order valence-corrected chi connectivity index (χ0v) is 17.6. The number of rotatable bonds is 5. The minimum absolute atomic E-state index is 0.121. The van der Waals surface area contributed by atoms with Crippen LogP contribution in [0.4, 0.5) is 0 Å². The highest BCUT2D eigenvalue weighted by Gasteiger charge is 2.27. The van der Waals surface area contributed by atoms with Gasteiger partial charge in [-0.1, -0.05) is 42.5 Å². The number of carbonyl (C=O) groups is 1. The third-order valence-electron chi connectivity index (χ3n) is 5.33. The quantitative estimate of drug-likeness (QED) is 0.682. The van der Waals surface area contributed by atoms with Crippen LogP contribution in [-0.4, -0.2) is 44.9 Å². The van der Waals surface area contributed by atoms with E-state index >= 15 is 0 Å². The Bertz CT molecular complexity index is 1170. The summed E-state index contributed by atoms with van der Waals surface area (Å²) < 4.78 is 32.4. The van der Waals surface area contributed by atoms with Crippen molar-refractivity contribution in [1.29, 1.82) is 0 Å². The second kappa shape index (κ2) is 8.55.